The molecule has 0 saturated heterocycles. The zero-order valence-corrected chi connectivity index (χ0v) is 15.8. The predicted octanol–water partition coefficient (Wildman–Crippen LogP) is 1.39. The molecule has 0 amide bonds. The minimum Gasteiger partial charge on any atom is -0.393 e. The van der Waals surface area contributed by atoms with Crippen molar-refractivity contribution in [3.05, 3.63) is 24.3 Å². The number of aliphatic hydroxyl groups is 5. The molecule has 7 atom stereocenters. The first kappa shape index (κ1) is 20.6. The highest BCUT2D eigenvalue weighted by atomic mass is 16.4. The van der Waals surface area contributed by atoms with Crippen LogP contribution >= 0.6 is 0 Å². The molecule has 2 aliphatic carbocycles. The summed E-state index contributed by atoms with van der Waals surface area (Å²) in [7, 11) is 0. The fourth-order valence-electron chi connectivity index (χ4n) is 5.57. The Kier molecular flexibility index (Phi) is 5.59. The summed E-state index contributed by atoms with van der Waals surface area (Å²) in [6.07, 6.45) is 2.89. The first-order valence-corrected chi connectivity index (χ1v) is 9.14. The van der Waals surface area contributed by atoms with E-state index in [0.29, 0.717) is 5.57 Å². The van der Waals surface area contributed by atoms with Crippen LogP contribution < -0.4 is 0 Å². The summed E-state index contributed by atoms with van der Waals surface area (Å²) in [6, 6.07) is 0. The van der Waals surface area contributed by atoms with E-state index >= 15 is 0 Å². The van der Waals surface area contributed by atoms with E-state index in [9.17, 15) is 20.4 Å². The maximum absolute atomic E-state index is 11.1. The van der Waals surface area contributed by atoms with Crippen molar-refractivity contribution in [2.45, 2.75) is 70.9 Å². The van der Waals surface area contributed by atoms with Crippen molar-refractivity contribution in [3.63, 3.8) is 0 Å². The van der Waals surface area contributed by atoms with Gasteiger partial charge in [0.25, 0.3) is 0 Å². The van der Waals surface area contributed by atoms with Gasteiger partial charge in [0.15, 0.2) is 0 Å². The maximum Gasteiger partial charge on any atom is 0.109 e. The Hall–Kier alpha value is -0.720. The summed E-state index contributed by atoms with van der Waals surface area (Å²) in [4.78, 5) is 0. The van der Waals surface area contributed by atoms with Crippen molar-refractivity contribution < 1.29 is 25.5 Å². The maximum atomic E-state index is 11.1. The molecule has 0 spiro atoms. The molecule has 5 N–H and O–H groups in total. The SMILES string of the molecule is C=C(/C=C/[C@H]1[C@](C)(O)[C@@H](O)[C@H](O)[C@H]2C(C)(C)CCC[C@@]21C)[C@@H](O)CO. The van der Waals surface area contributed by atoms with Crippen molar-refractivity contribution >= 4 is 0 Å². The lowest BCUT2D eigenvalue weighted by molar-refractivity contribution is -0.255. The molecule has 0 radical (unpaired) electrons. The van der Waals surface area contributed by atoms with Crippen LogP contribution in [0.5, 0.6) is 0 Å². The molecule has 2 aliphatic rings. The minimum atomic E-state index is -1.50. The molecule has 2 fully saturated rings. The van der Waals surface area contributed by atoms with Gasteiger partial charge < -0.3 is 25.5 Å². The summed E-state index contributed by atoms with van der Waals surface area (Å²) in [6.45, 7) is 11.2. The molecule has 2 saturated carbocycles. The van der Waals surface area contributed by atoms with E-state index in [1.54, 1.807) is 19.1 Å². The Labute approximate surface area is 150 Å². The van der Waals surface area contributed by atoms with E-state index < -0.39 is 41.9 Å². The fourth-order valence-corrected chi connectivity index (χ4v) is 5.57. The van der Waals surface area contributed by atoms with Crippen molar-refractivity contribution in [2.75, 3.05) is 6.61 Å². The Morgan fingerprint density at radius 3 is 2.36 bits per heavy atom. The van der Waals surface area contributed by atoms with Crippen LogP contribution in [0.3, 0.4) is 0 Å². The summed E-state index contributed by atoms with van der Waals surface area (Å²) in [5, 5.41) is 51.3. The molecule has 5 heteroatoms. The summed E-state index contributed by atoms with van der Waals surface area (Å²) in [5.74, 6) is -0.569. The third-order valence-corrected chi connectivity index (χ3v) is 6.80. The zero-order valence-electron chi connectivity index (χ0n) is 15.8. The van der Waals surface area contributed by atoms with Gasteiger partial charge in [-0.05, 0) is 42.1 Å². The summed E-state index contributed by atoms with van der Waals surface area (Å²) >= 11 is 0. The van der Waals surface area contributed by atoms with Crippen LogP contribution in [0.1, 0.15) is 47.0 Å². The lowest BCUT2D eigenvalue weighted by Gasteiger charge is -2.63. The number of rotatable bonds is 4. The third kappa shape index (κ3) is 3.33. The smallest absolute Gasteiger partial charge is 0.109 e. The Morgan fingerprint density at radius 1 is 1.20 bits per heavy atom. The molecule has 25 heavy (non-hydrogen) atoms. The average Bonchev–Trinajstić information content (AvgIpc) is 2.50. The first-order valence-electron chi connectivity index (χ1n) is 9.14. The third-order valence-electron chi connectivity index (χ3n) is 6.80. The molecule has 2 rings (SSSR count). The van der Waals surface area contributed by atoms with Gasteiger partial charge >= 0.3 is 0 Å². The van der Waals surface area contributed by atoms with E-state index in [0.717, 1.165) is 19.3 Å². The largest absolute Gasteiger partial charge is 0.393 e. The highest BCUT2D eigenvalue weighted by molar-refractivity contribution is 5.25. The van der Waals surface area contributed by atoms with E-state index in [1.165, 1.54) is 0 Å². The molecule has 5 nitrogen and oxygen atoms in total. The lowest BCUT2D eigenvalue weighted by Crippen LogP contribution is -2.69. The fraction of sp³-hybridized carbons (Fsp3) is 0.800. The molecular weight excluding hydrogens is 320 g/mol. The van der Waals surface area contributed by atoms with Crippen LogP contribution in [0.2, 0.25) is 0 Å². The second-order valence-corrected chi connectivity index (χ2v) is 9.10. The minimum absolute atomic E-state index is 0.155. The quantitative estimate of drug-likeness (QED) is 0.491. The Morgan fingerprint density at radius 2 is 1.80 bits per heavy atom. The Bertz CT molecular complexity index is 538. The lowest BCUT2D eigenvalue weighted by atomic mass is 9.44. The first-order chi connectivity index (χ1) is 11.4. The molecule has 0 unspecified atom stereocenters. The monoisotopic (exact) mass is 354 g/mol. The normalized spacial score (nSPS) is 45.2. The highest BCUT2D eigenvalue weighted by Gasteiger charge is 2.64. The second-order valence-electron chi connectivity index (χ2n) is 9.10. The van der Waals surface area contributed by atoms with Gasteiger partial charge in [-0.3, -0.25) is 0 Å². The van der Waals surface area contributed by atoms with Crippen LogP contribution in [0.4, 0.5) is 0 Å². The van der Waals surface area contributed by atoms with Crippen LogP contribution in [0.25, 0.3) is 0 Å². The number of aliphatic hydroxyl groups excluding tert-OH is 4. The molecule has 0 bridgehead atoms. The van der Waals surface area contributed by atoms with Crippen LogP contribution in [-0.4, -0.2) is 56.1 Å². The highest BCUT2D eigenvalue weighted by Crippen LogP contribution is 2.62. The molecule has 0 aromatic carbocycles. The van der Waals surface area contributed by atoms with E-state index in [4.69, 9.17) is 5.11 Å². The summed E-state index contributed by atoms with van der Waals surface area (Å²) in [5.41, 5.74) is -1.70. The number of fused-ring (bicyclic) bond motifs is 1. The standard InChI is InChI=1S/C20H34O5/c1-12(13(22)11-21)7-8-14-19(4)10-6-9-18(2,3)16(19)15(23)17(24)20(14,5)25/h7-8,13-17,21-25H,1,6,9-11H2,2-5H3/b8-7+/t13-,14+,15+,16-,17-,19+,20-/m0/s1. The van der Waals surface area contributed by atoms with Crippen molar-refractivity contribution in [3.8, 4) is 0 Å². The van der Waals surface area contributed by atoms with Gasteiger partial charge in [-0.25, -0.2) is 0 Å². The van der Waals surface area contributed by atoms with Gasteiger partial charge in [-0.15, -0.1) is 0 Å². The van der Waals surface area contributed by atoms with E-state index in [1.807, 2.05) is 0 Å². The van der Waals surface area contributed by atoms with Gasteiger partial charge in [0.1, 0.15) is 12.2 Å². The molecule has 144 valence electrons. The predicted molar refractivity (Wildman–Crippen MR) is 96.7 cm³/mol. The van der Waals surface area contributed by atoms with Gasteiger partial charge in [0.05, 0.1) is 18.3 Å². The Balaban J connectivity index is 2.47. The van der Waals surface area contributed by atoms with Gasteiger partial charge in [-0.2, -0.15) is 0 Å². The molecule has 0 aliphatic heterocycles. The molecular formula is C20H34O5. The zero-order chi connectivity index (χ0) is 19.2. The second kappa shape index (κ2) is 6.78. The average molecular weight is 354 g/mol. The number of hydrogen-bond acceptors (Lipinski definition) is 5. The van der Waals surface area contributed by atoms with Crippen LogP contribution in [-0.2, 0) is 0 Å². The molecule has 0 heterocycles. The molecule has 0 aromatic heterocycles. The number of hydrogen-bond donors (Lipinski definition) is 5. The van der Waals surface area contributed by atoms with Crippen molar-refractivity contribution in [2.24, 2.45) is 22.7 Å². The van der Waals surface area contributed by atoms with Crippen LogP contribution in [0.15, 0.2) is 24.3 Å². The van der Waals surface area contributed by atoms with Crippen molar-refractivity contribution in [1.29, 1.82) is 0 Å². The van der Waals surface area contributed by atoms with Gasteiger partial charge in [0.2, 0.25) is 0 Å². The van der Waals surface area contributed by atoms with E-state index in [-0.39, 0.29) is 11.3 Å². The van der Waals surface area contributed by atoms with Gasteiger partial charge in [0, 0.05) is 5.92 Å². The molecule has 0 aromatic rings. The van der Waals surface area contributed by atoms with Crippen LogP contribution in [0, 0.1) is 22.7 Å². The van der Waals surface area contributed by atoms with Gasteiger partial charge in [-0.1, -0.05) is 45.9 Å². The van der Waals surface area contributed by atoms with E-state index in [2.05, 4.69) is 27.4 Å². The summed E-state index contributed by atoms with van der Waals surface area (Å²) < 4.78 is 0. The topological polar surface area (TPSA) is 101 Å². The van der Waals surface area contributed by atoms with Crippen molar-refractivity contribution in [1.82, 2.24) is 0 Å².